The van der Waals surface area contributed by atoms with Crippen molar-refractivity contribution in [1.82, 2.24) is 20.3 Å². The quantitative estimate of drug-likeness (QED) is 0.797. The van der Waals surface area contributed by atoms with Crippen molar-refractivity contribution in [1.29, 1.82) is 0 Å². The molecule has 114 valence electrons. The zero-order valence-corrected chi connectivity index (χ0v) is 12.2. The van der Waals surface area contributed by atoms with Gasteiger partial charge in [0.2, 0.25) is 0 Å². The Bertz CT molecular complexity index is 591. The fraction of sp³-hybridized carbons (Fsp3) is 0.500. The predicted molar refractivity (Wildman–Crippen MR) is 75.8 cm³/mol. The molecule has 21 heavy (non-hydrogen) atoms. The maximum atomic E-state index is 11.9. The first-order valence-corrected chi connectivity index (χ1v) is 6.99. The van der Waals surface area contributed by atoms with E-state index in [-0.39, 0.29) is 18.1 Å². The fourth-order valence-electron chi connectivity index (χ4n) is 1.94. The van der Waals surface area contributed by atoms with Crippen molar-refractivity contribution in [2.75, 3.05) is 6.54 Å². The first-order valence-electron chi connectivity index (χ1n) is 6.99. The molecule has 0 radical (unpaired) electrons. The number of hydrogen-bond donors (Lipinski definition) is 2. The second-order valence-electron chi connectivity index (χ2n) is 5.05. The van der Waals surface area contributed by atoms with Crippen LogP contribution in [-0.2, 0) is 6.54 Å². The van der Waals surface area contributed by atoms with Crippen molar-refractivity contribution >= 4 is 5.91 Å². The molecule has 1 atom stereocenters. The lowest BCUT2D eigenvalue weighted by molar-refractivity contribution is 0.0901. The molecule has 7 heteroatoms. The predicted octanol–water partition coefficient (Wildman–Crippen LogP) is 1.12. The van der Waals surface area contributed by atoms with Gasteiger partial charge in [0.25, 0.3) is 5.91 Å². The summed E-state index contributed by atoms with van der Waals surface area (Å²) >= 11 is 0. The molecule has 2 heterocycles. The molecule has 1 amide bonds. The summed E-state index contributed by atoms with van der Waals surface area (Å²) in [6, 6.07) is 1.58. The highest BCUT2D eigenvalue weighted by Gasteiger charge is 2.14. The zero-order chi connectivity index (χ0) is 15.2. The minimum atomic E-state index is -0.530. The summed E-state index contributed by atoms with van der Waals surface area (Å²) in [6.45, 7) is 4.57. The second kappa shape index (κ2) is 7.03. The number of nitrogens with zero attached hydrogens (tertiary/aromatic N) is 3. The number of aryl methyl sites for hydroxylation is 1. The fourth-order valence-corrected chi connectivity index (χ4v) is 1.94. The van der Waals surface area contributed by atoms with Gasteiger partial charge in [-0.15, -0.1) is 0 Å². The molecule has 2 aromatic rings. The Hall–Kier alpha value is -2.15. The molecule has 2 aromatic heterocycles. The van der Waals surface area contributed by atoms with Gasteiger partial charge in [0.15, 0.2) is 11.5 Å². The third-order valence-electron chi connectivity index (χ3n) is 2.99. The molecule has 0 saturated carbocycles. The SMILES string of the molecule is CCCC(O)CNC(=O)c1cc(Cn2cc(C)cn2)on1. The van der Waals surface area contributed by atoms with Crippen LogP contribution in [0.2, 0.25) is 0 Å². The molecule has 0 aliphatic heterocycles. The van der Waals surface area contributed by atoms with Gasteiger partial charge in [0, 0.05) is 18.8 Å². The third-order valence-corrected chi connectivity index (χ3v) is 2.99. The minimum absolute atomic E-state index is 0.206. The van der Waals surface area contributed by atoms with Crippen LogP contribution in [0.3, 0.4) is 0 Å². The molecule has 2 rings (SSSR count). The molecule has 2 N–H and O–H groups in total. The van der Waals surface area contributed by atoms with Crippen molar-refractivity contribution in [2.45, 2.75) is 39.3 Å². The number of carbonyl (C=O) groups excluding carboxylic acids is 1. The van der Waals surface area contributed by atoms with Gasteiger partial charge in [-0.25, -0.2) is 0 Å². The molecular weight excluding hydrogens is 272 g/mol. The average molecular weight is 292 g/mol. The minimum Gasteiger partial charge on any atom is -0.391 e. The smallest absolute Gasteiger partial charge is 0.273 e. The van der Waals surface area contributed by atoms with Gasteiger partial charge in [0.1, 0.15) is 6.54 Å². The number of aliphatic hydroxyl groups excluding tert-OH is 1. The van der Waals surface area contributed by atoms with Crippen LogP contribution in [0.15, 0.2) is 23.0 Å². The van der Waals surface area contributed by atoms with Gasteiger partial charge in [-0.1, -0.05) is 18.5 Å². The van der Waals surface area contributed by atoms with Gasteiger partial charge >= 0.3 is 0 Å². The third kappa shape index (κ3) is 4.42. The Morgan fingerprint density at radius 3 is 3.05 bits per heavy atom. The number of amides is 1. The molecule has 0 fully saturated rings. The van der Waals surface area contributed by atoms with Crippen molar-refractivity contribution < 1.29 is 14.4 Å². The Morgan fingerprint density at radius 2 is 2.38 bits per heavy atom. The van der Waals surface area contributed by atoms with E-state index in [1.54, 1.807) is 16.9 Å². The van der Waals surface area contributed by atoms with Crippen LogP contribution < -0.4 is 5.32 Å². The number of aliphatic hydroxyl groups is 1. The second-order valence-corrected chi connectivity index (χ2v) is 5.05. The average Bonchev–Trinajstić information content (AvgIpc) is 3.06. The largest absolute Gasteiger partial charge is 0.391 e. The highest BCUT2D eigenvalue weighted by molar-refractivity contribution is 5.92. The molecule has 0 aliphatic rings. The monoisotopic (exact) mass is 292 g/mol. The van der Waals surface area contributed by atoms with E-state index in [9.17, 15) is 9.90 Å². The first kappa shape index (κ1) is 15.2. The molecule has 7 nitrogen and oxygen atoms in total. The summed E-state index contributed by atoms with van der Waals surface area (Å²) in [6.07, 6.45) is 4.62. The molecule has 0 bridgehead atoms. The van der Waals surface area contributed by atoms with Crippen LogP contribution >= 0.6 is 0 Å². The Kier molecular flexibility index (Phi) is 5.10. The normalized spacial score (nSPS) is 12.3. The van der Waals surface area contributed by atoms with Crippen molar-refractivity contribution in [2.24, 2.45) is 0 Å². The number of rotatable bonds is 7. The maximum Gasteiger partial charge on any atom is 0.273 e. The van der Waals surface area contributed by atoms with E-state index in [0.717, 1.165) is 12.0 Å². The summed E-state index contributed by atoms with van der Waals surface area (Å²) in [5, 5.41) is 20.1. The van der Waals surface area contributed by atoms with Crippen LogP contribution in [0.4, 0.5) is 0 Å². The number of hydrogen-bond acceptors (Lipinski definition) is 5. The van der Waals surface area contributed by atoms with E-state index in [2.05, 4.69) is 15.6 Å². The van der Waals surface area contributed by atoms with E-state index in [4.69, 9.17) is 4.52 Å². The zero-order valence-electron chi connectivity index (χ0n) is 12.2. The molecule has 0 saturated heterocycles. The molecular formula is C14H20N4O3. The van der Waals surface area contributed by atoms with E-state index < -0.39 is 6.10 Å². The van der Waals surface area contributed by atoms with Crippen molar-refractivity contribution in [3.63, 3.8) is 0 Å². The van der Waals surface area contributed by atoms with Gasteiger partial charge in [-0.3, -0.25) is 9.48 Å². The number of aromatic nitrogens is 3. The first-order chi connectivity index (χ1) is 10.1. The lowest BCUT2D eigenvalue weighted by Crippen LogP contribution is -2.32. The van der Waals surface area contributed by atoms with Crippen LogP contribution in [0.25, 0.3) is 0 Å². The summed E-state index contributed by atoms with van der Waals surface area (Å²) in [5.41, 5.74) is 1.26. The van der Waals surface area contributed by atoms with Crippen LogP contribution in [0.1, 0.15) is 41.6 Å². The van der Waals surface area contributed by atoms with Crippen LogP contribution in [0, 0.1) is 6.92 Å². The van der Waals surface area contributed by atoms with E-state index in [1.807, 2.05) is 20.0 Å². The summed E-state index contributed by atoms with van der Waals surface area (Å²) in [4.78, 5) is 11.9. The van der Waals surface area contributed by atoms with Crippen LogP contribution in [-0.4, -0.2) is 38.6 Å². The molecule has 0 aliphatic carbocycles. The molecule has 1 unspecified atom stereocenters. The van der Waals surface area contributed by atoms with Crippen LogP contribution in [0.5, 0.6) is 0 Å². The van der Waals surface area contributed by atoms with Crippen molar-refractivity contribution in [3.8, 4) is 0 Å². The lowest BCUT2D eigenvalue weighted by Gasteiger charge is -2.09. The van der Waals surface area contributed by atoms with Gasteiger partial charge in [-0.05, 0) is 18.9 Å². The Morgan fingerprint density at radius 1 is 1.57 bits per heavy atom. The molecule has 0 spiro atoms. The number of carbonyl (C=O) groups is 1. The van der Waals surface area contributed by atoms with Gasteiger partial charge in [0.05, 0.1) is 12.3 Å². The maximum absolute atomic E-state index is 11.9. The van der Waals surface area contributed by atoms with Gasteiger partial charge in [-0.2, -0.15) is 5.10 Å². The summed E-state index contributed by atoms with van der Waals surface area (Å²) in [5.74, 6) is 0.203. The Labute approximate surface area is 122 Å². The van der Waals surface area contributed by atoms with Crippen molar-refractivity contribution in [3.05, 3.63) is 35.5 Å². The molecule has 0 aromatic carbocycles. The topological polar surface area (TPSA) is 93.2 Å². The number of nitrogens with one attached hydrogen (secondary N) is 1. The summed E-state index contributed by atoms with van der Waals surface area (Å²) in [7, 11) is 0. The van der Waals surface area contributed by atoms with E-state index in [1.165, 1.54) is 0 Å². The lowest BCUT2D eigenvalue weighted by atomic mass is 10.2. The summed E-state index contributed by atoms with van der Waals surface area (Å²) < 4.78 is 6.83. The Balaban J connectivity index is 1.88. The highest BCUT2D eigenvalue weighted by Crippen LogP contribution is 2.06. The van der Waals surface area contributed by atoms with E-state index in [0.29, 0.717) is 18.7 Å². The van der Waals surface area contributed by atoms with E-state index >= 15 is 0 Å². The van der Waals surface area contributed by atoms with Gasteiger partial charge < -0.3 is 14.9 Å². The standard InChI is InChI=1S/C14H20N4O3/c1-3-4-11(19)7-15-14(20)13-5-12(21-17-13)9-18-8-10(2)6-16-18/h5-6,8,11,19H,3-4,7,9H2,1-2H3,(H,15,20). The highest BCUT2D eigenvalue weighted by atomic mass is 16.5.